The van der Waals surface area contributed by atoms with Crippen LogP contribution in [0, 0.1) is 0 Å². The third kappa shape index (κ3) is 4.43. The smallest absolute Gasteiger partial charge is 0.277 e. The summed E-state index contributed by atoms with van der Waals surface area (Å²) in [6, 6.07) is 0. The van der Waals surface area contributed by atoms with Gasteiger partial charge < -0.3 is 9.84 Å². The summed E-state index contributed by atoms with van der Waals surface area (Å²) >= 11 is 0. The molecule has 1 aliphatic heterocycles. The van der Waals surface area contributed by atoms with Gasteiger partial charge in [0.15, 0.2) is 0 Å². The normalized spacial score (nSPS) is 27.1. The van der Waals surface area contributed by atoms with E-state index in [4.69, 9.17) is 4.74 Å². The van der Waals surface area contributed by atoms with Gasteiger partial charge in [0, 0.05) is 26.1 Å². The van der Waals surface area contributed by atoms with Gasteiger partial charge >= 0.3 is 0 Å². The molecule has 7 heteroatoms. The Morgan fingerprint density at radius 3 is 2.73 bits per heavy atom. The van der Waals surface area contributed by atoms with Crippen LogP contribution in [0.15, 0.2) is 0 Å². The number of hydrogen-bond donors (Lipinski definition) is 3. The molecule has 1 unspecified atom stereocenters. The van der Waals surface area contributed by atoms with E-state index in [2.05, 4.69) is 9.44 Å². The van der Waals surface area contributed by atoms with Crippen molar-refractivity contribution in [3.63, 3.8) is 0 Å². The van der Waals surface area contributed by atoms with Crippen molar-refractivity contribution in [1.82, 2.24) is 9.44 Å². The number of ether oxygens (including phenoxy) is 1. The fraction of sp³-hybridized carbons (Fsp3) is 1.00. The first-order chi connectivity index (χ1) is 6.97. The van der Waals surface area contributed by atoms with Crippen molar-refractivity contribution in [3.8, 4) is 0 Å². The van der Waals surface area contributed by atoms with Crippen LogP contribution in [0.1, 0.15) is 19.8 Å². The maximum Gasteiger partial charge on any atom is 0.277 e. The average molecular weight is 238 g/mol. The molecule has 1 fully saturated rings. The molecule has 1 rings (SSSR count). The Labute approximate surface area is 90.2 Å². The summed E-state index contributed by atoms with van der Waals surface area (Å²) in [7, 11) is -3.48. The molecule has 0 spiro atoms. The highest BCUT2D eigenvalue weighted by atomic mass is 32.2. The van der Waals surface area contributed by atoms with Crippen molar-refractivity contribution in [2.24, 2.45) is 0 Å². The topological polar surface area (TPSA) is 87.7 Å². The van der Waals surface area contributed by atoms with Gasteiger partial charge in [-0.15, -0.1) is 0 Å². The highest BCUT2D eigenvalue weighted by Crippen LogP contribution is 2.16. The van der Waals surface area contributed by atoms with Gasteiger partial charge in [0.25, 0.3) is 10.2 Å². The minimum Gasteiger partial charge on any atom is -0.386 e. The maximum atomic E-state index is 11.3. The SMILES string of the molecule is CCCNS(=O)(=O)NCC1(O)CCOC1. The van der Waals surface area contributed by atoms with E-state index in [1.165, 1.54) is 0 Å². The minimum absolute atomic E-state index is 0.00789. The van der Waals surface area contributed by atoms with Gasteiger partial charge in [-0.05, 0) is 6.42 Å². The molecule has 1 saturated heterocycles. The highest BCUT2D eigenvalue weighted by Gasteiger charge is 2.33. The molecule has 3 N–H and O–H groups in total. The van der Waals surface area contributed by atoms with Gasteiger partial charge in [0.1, 0.15) is 5.60 Å². The van der Waals surface area contributed by atoms with Gasteiger partial charge in [-0.1, -0.05) is 6.92 Å². The van der Waals surface area contributed by atoms with E-state index in [1.54, 1.807) is 0 Å². The third-order valence-electron chi connectivity index (χ3n) is 2.22. The van der Waals surface area contributed by atoms with Crippen LogP contribution in [-0.4, -0.2) is 45.4 Å². The maximum absolute atomic E-state index is 11.3. The quantitative estimate of drug-likeness (QED) is 0.552. The first-order valence-corrected chi connectivity index (χ1v) is 6.50. The summed E-state index contributed by atoms with van der Waals surface area (Å²) in [6.07, 6.45) is 1.19. The third-order valence-corrected chi connectivity index (χ3v) is 3.32. The summed E-state index contributed by atoms with van der Waals surface area (Å²) in [4.78, 5) is 0. The Morgan fingerprint density at radius 1 is 1.47 bits per heavy atom. The first kappa shape index (κ1) is 12.9. The monoisotopic (exact) mass is 238 g/mol. The van der Waals surface area contributed by atoms with Crippen LogP contribution < -0.4 is 9.44 Å². The molecule has 6 nitrogen and oxygen atoms in total. The molecule has 0 aromatic carbocycles. The van der Waals surface area contributed by atoms with E-state index < -0.39 is 15.8 Å². The van der Waals surface area contributed by atoms with E-state index >= 15 is 0 Å². The van der Waals surface area contributed by atoms with E-state index in [0.717, 1.165) is 6.42 Å². The molecule has 0 bridgehead atoms. The molecule has 0 amide bonds. The zero-order valence-electron chi connectivity index (χ0n) is 8.82. The Balaban J connectivity index is 2.35. The van der Waals surface area contributed by atoms with Crippen LogP contribution in [0.2, 0.25) is 0 Å². The molecule has 1 atom stereocenters. The van der Waals surface area contributed by atoms with E-state index in [-0.39, 0.29) is 13.2 Å². The fourth-order valence-electron chi connectivity index (χ4n) is 1.25. The van der Waals surface area contributed by atoms with Crippen molar-refractivity contribution >= 4 is 10.2 Å². The van der Waals surface area contributed by atoms with E-state index in [1.807, 2.05) is 6.92 Å². The predicted octanol–water partition coefficient (Wildman–Crippen LogP) is -1.03. The summed E-state index contributed by atoms with van der Waals surface area (Å²) in [5.74, 6) is 0. The molecular formula is C8H18N2O4S. The number of aliphatic hydroxyl groups is 1. The summed E-state index contributed by atoms with van der Waals surface area (Å²) in [6.45, 7) is 2.92. The second-order valence-electron chi connectivity index (χ2n) is 3.75. The summed E-state index contributed by atoms with van der Waals surface area (Å²) < 4.78 is 32.3. The lowest BCUT2D eigenvalue weighted by Crippen LogP contribution is -2.47. The molecule has 0 aliphatic carbocycles. The lowest BCUT2D eigenvalue weighted by molar-refractivity contribution is 0.0314. The molecular weight excluding hydrogens is 220 g/mol. The average Bonchev–Trinajstić information content (AvgIpc) is 2.61. The van der Waals surface area contributed by atoms with Crippen molar-refractivity contribution in [3.05, 3.63) is 0 Å². The molecule has 1 aliphatic rings. The van der Waals surface area contributed by atoms with Crippen molar-refractivity contribution in [1.29, 1.82) is 0 Å². The number of hydrogen-bond acceptors (Lipinski definition) is 4. The van der Waals surface area contributed by atoms with E-state index in [0.29, 0.717) is 19.6 Å². The summed E-state index contributed by atoms with van der Waals surface area (Å²) in [5, 5.41) is 9.80. The molecule has 90 valence electrons. The Kier molecular flexibility index (Phi) is 4.47. The van der Waals surface area contributed by atoms with Crippen LogP contribution >= 0.6 is 0 Å². The van der Waals surface area contributed by atoms with Crippen LogP contribution in [-0.2, 0) is 14.9 Å². The van der Waals surface area contributed by atoms with Gasteiger partial charge in [0.05, 0.1) is 6.61 Å². The van der Waals surface area contributed by atoms with Crippen molar-refractivity contribution in [2.75, 3.05) is 26.3 Å². The zero-order chi connectivity index (χ0) is 11.4. The fourth-order valence-corrected chi connectivity index (χ4v) is 2.29. The second kappa shape index (κ2) is 5.22. The zero-order valence-corrected chi connectivity index (χ0v) is 9.64. The standard InChI is InChI=1S/C8H18N2O4S/c1-2-4-9-15(12,13)10-6-8(11)3-5-14-7-8/h9-11H,2-7H2,1H3. The largest absolute Gasteiger partial charge is 0.386 e. The Morgan fingerprint density at radius 2 is 2.20 bits per heavy atom. The predicted molar refractivity (Wildman–Crippen MR) is 55.6 cm³/mol. The molecule has 0 radical (unpaired) electrons. The van der Waals surface area contributed by atoms with Gasteiger partial charge in [0.2, 0.25) is 0 Å². The molecule has 0 aromatic rings. The molecule has 1 heterocycles. The van der Waals surface area contributed by atoms with Gasteiger partial charge in [-0.2, -0.15) is 13.1 Å². The number of rotatable bonds is 6. The van der Waals surface area contributed by atoms with Crippen LogP contribution in [0.4, 0.5) is 0 Å². The van der Waals surface area contributed by atoms with Crippen LogP contribution in [0.5, 0.6) is 0 Å². The Hall–Kier alpha value is -0.210. The molecule has 0 aromatic heterocycles. The van der Waals surface area contributed by atoms with Crippen molar-refractivity contribution in [2.45, 2.75) is 25.4 Å². The number of nitrogens with one attached hydrogen (secondary N) is 2. The summed E-state index contributed by atoms with van der Waals surface area (Å²) in [5.41, 5.74) is -1.05. The lowest BCUT2D eigenvalue weighted by Gasteiger charge is -2.20. The van der Waals surface area contributed by atoms with E-state index in [9.17, 15) is 13.5 Å². The molecule has 15 heavy (non-hydrogen) atoms. The van der Waals surface area contributed by atoms with Crippen LogP contribution in [0.3, 0.4) is 0 Å². The van der Waals surface area contributed by atoms with Crippen molar-refractivity contribution < 1.29 is 18.3 Å². The molecule has 0 saturated carbocycles. The highest BCUT2D eigenvalue weighted by molar-refractivity contribution is 7.87. The first-order valence-electron chi connectivity index (χ1n) is 5.02. The van der Waals surface area contributed by atoms with Gasteiger partial charge in [-0.3, -0.25) is 0 Å². The van der Waals surface area contributed by atoms with Crippen LogP contribution in [0.25, 0.3) is 0 Å². The minimum atomic E-state index is -3.48. The second-order valence-corrected chi connectivity index (χ2v) is 5.33. The lowest BCUT2D eigenvalue weighted by atomic mass is 10.1. The van der Waals surface area contributed by atoms with Gasteiger partial charge in [-0.25, -0.2) is 4.72 Å². The Bertz CT molecular complexity index is 285.